The molecule has 0 aromatic heterocycles. The standard InChI is InChI=1S/C13H7Br2ClFNO/c14-7-4-5-9(15)8(6-7)13(19)18-12-10(16)2-1-3-11(12)17/h1-6H,(H,18,19). The van der Waals surface area contributed by atoms with Crippen LogP contribution in [-0.4, -0.2) is 5.91 Å². The Morgan fingerprint density at radius 2 is 1.95 bits per heavy atom. The molecule has 2 aromatic rings. The highest BCUT2D eigenvalue weighted by Crippen LogP contribution is 2.27. The molecule has 0 fully saturated rings. The van der Waals surface area contributed by atoms with Crippen LogP contribution in [0.15, 0.2) is 45.3 Å². The van der Waals surface area contributed by atoms with Crippen molar-refractivity contribution in [1.29, 1.82) is 0 Å². The van der Waals surface area contributed by atoms with Crippen LogP contribution in [0, 0.1) is 5.82 Å². The third-order valence-corrected chi connectivity index (χ3v) is 3.87. The number of benzene rings is 2. The van der Waals surface area contributed by atoms with Crippen molar-refractivity contribution < 1.29 is 9.18 Å². The first-order valence-corrected chi connectivity index (χ1v) is 7.16. The van der Waals surface area contributed by atoms with Crippen LogP contribution in [0.25, 0.3) is 0 Å². The Balaban J connectivity index is 2.34. The number of amides is 1. The first kappa shape index (κ1) is 14.5. The fourth-order valence-corrected chi connectivity index (χ4v) is 2.47. The minimum Gasteiger partial charge on any atom is -0.318 e. The van der Waals surface area contributed by atoms with E-state index in [0.717, 1.165) is 4.47 Å². The van der Waals surface area contributed by atoms with Gasteiger partial charge in [-0.05, 0) is 46.3 Å². The Labute approximate surface area is 131 Å². The normalized spacial score (nSPS) is 10.3. The Hall–Kier alpha value is -0.910. The first-order chi connectivity index (χ1) is 8.99. The summed E-state index contributed by atoms with van der Waals surface area (Å²) >= 11 is 12.4. The number of hydrogen-bond donors (Lipinski definition) is 1. The van der Waals surface area contributed by atoms with Gasteiger partial charge in [-0.25, -0.2) is 4.39 Å². The van der Waals surface area contributed by atoms with Crippen LogP contribution >= 0.6 is 43.5 Å². The fourth-order valence-electron chi connectivity index (χ4n) is 1.47. The van der Waals surface area contributed by atoms with E-state index in [-0.39, 0.29) is 10.7 Å². The maximum atomic E-state index is 13.6. The Bertz CT molecular complexity index is 628. The second-order valence-electron chi connectivity index (χ2n) is 3.67. The summed E-state index contributed by atoms with van der Waals surface area (Å²) in [5.74, 6) is -1.02. The van der Waals surface area contributed by atoms with E-state index in [1.165, 1.54) is 18.2 Å². The highest BCUT2D eigenvalue weighted by atomic mass is 79.9. The van der Waals surface area contributed by atoms with Crippen molar-refractivity contribution in [2.24, 2.45) is 0 Å². The lowest BCUT2D eigenvalue weighted by Crippen LogP contribution is -2.14. The second-order valence-corrected chi connectivity index (χ2v) is 5.85. The number of halogens is 4. The molecule has 0 unspecified atom stereocenters. The molecule has 0 bridgehead atoms. The molecule has 0 heterocycles. The van der Waals surface area contributed by atoms with Crippen molar-refractivity contribution in [2.75, 3.05) is 5.32 Å². The molecule has 2 nitrogen and oxygen atoms in total. The molecule has 19 heavy (non-hydrogen) atoms. The zero-order chi connectivity index (χ0) is 14.0. The van der Waals surface area contributed by atoms with E-state index in [2.05, 4.69) is 37.2 Å². The number of carbonyl (C=O) groups excluding carboxylic acids is 1. The third-order valence-electron chi connectivity index (χ3n) is 2.37. The van der Waals surface area contributed by atoms with Gasteiger partial charge in [0.1, 0.15) is 5.82 Å². The predicted molar refractivity (Wildman–Crippen MR) is 81.2 cm³/mol. The molecule has 6 heteroatoms. The van der Waals surface area contributed by atoms with Crippen LogP contribution in [0.5, 0.6) is 0 Å². The van der Waals surface area contributed by atoms with Gasteiger partial charge in [0, 0.05) is 8.95 Å². The molecule has 2 rings (SSSR count). The Kier molecular flexibility index (Phi) is 4.60. The Morgan fingerprint density at radius 1 is 1.21 bits per heavy atom. The van der Waals surface area contributed by atoms with E-state index >= 15 is 0 Å². The topological polar surface area (TPSA) is 29.1 Å². The van der Waals surface area contributed by atoms with Crippen LogP contribution < -0.4 is 5.32 Å². The summed E-state index contributed by atoms with van der Waals surface area (Å²) in [5.41, 5.74) is 0.356. The zero-order valence-corrected chi connectivity index (χ0v) is 13.3. The van der Waals surface area contributed by atoms with Gasteiger partial charge in [-0.1, -0.05) is 33.6 Å². The summed E-state index contributed by atoms with van der Waals surface area (Å²) in [7, 11) is 0. The number of carbonyl (C=O) groups is 1. The van der Waals surface area contributed by atoms with Crippen LogP contribution in [0.4, 0.5) is 10.1 Å². The van der Waals surface area contributed by atoms with Crippen molar-refractivity contribution in [1.82, 2.24) is 0 Å². The van der Waals surface area contributed by atoms with Gasteiger partial charge in [0.25, 0.3) is 5.91 Å². The van der Waals surface area contributed by atoms with Gasteiger partial charge < -0.3 is 5.32 Å². The minimum atomic E-state index is -0.577. The average molecular weight is 407 g/mol. The van der Waals surface area contributed by atoms with Crippen LogP contribution in [-0.2, 0) is 0 Å². The lowest BCUT2D eigenvalue weighted by Gasteiger charge is -2.09. The van der Waals surface area contributed by atoms with E-state index < -0.39 is 11.7 Å². The van der Waals surface area contributed by atoms with E-state index in [9.17, 15) is 9.18 Å². The highest BCUT2D eigenvalue weighted by Gasteiger charge is 2.14. The largest absolute Gasteiger partial charge is 0.318 e. The predicted octanol–water partition coefficient (Wildman–Crippen LogP) is 5.26. The van der Waals surface area contributed by atoms with Gasteiger partial charge in [0.05, 0.1) is 16.3 Å². The molecule has 0 saturated carbocycles. The molecule has 2 aromatic carbocycles. The number of para-hydroxylation sites is 1. The maximum Gasteiger partial charge on any atom is 0.256 e. The van der Waals surface area contributed by atoms with Gasteiger partial charge in [0.15, 0.2) is 0 Å². The summed E-state index contributed by atoms with van der Waals surface area (Å²) < 4.78 is 14.9. The molecule has 0 aliphatic rings. The molecule has 1 N–H and O–H groups in total. The highest BCUT2D eigenvalue weighted by molar-refractivity contribution is 9.11. The molecule has 0 aliphatic carbocycles. The van der Waals surface area contributed by atoms with Gasteiger partial charge in [-0.15, -0.1) is 0 Å². The van der Waals surface area contributed by atoms with Gasteiger partial charge in [0.2, 0.25) is 0 Å². The van der Waals surface area contributed by atoms with Gasteiger partial charge in [-0.3, -0.25) is 4.79 Å². The van der Waals surface area contributed by atoms with E-state index in [4.69, 9.17) is 11.6 Å². The lowest BCUT2D eigenvalue weighted by atomic mass is 10.2. The van der Waals surface area contributed by atoms with Crippen LogP contribution in [0.3, 0.4) is 0 Å². The van der Waals surface area contributed by atoms with Gasteiger partial charge >= 0.3 is 0 Å². The van der Waals surface area contributed by atoms with Crippen molar-refractivity contribution in [3.8, 4) is 0 Å². The van der Waals surface area contributed by atoms with Crippen molar-refractivity contribution in [3.05, 3.63) is 61.7 Å². The summed E-state index contributed by atoms with van der Waals surface area (Å²) in [6.45, 7) is 0. The van der Waals surface area contributed by atoms with Crippen LogP contribution in [0.1, 0.15) is 10.4 Å². The Morgan fingerprint density at radius 3 is 2.63 bits per heavy atom. The smallest absolute Gasteiger partial charge is 0.256 e. The summed E-state index contributed by atoms with van der Waals surface area (Å²) in [6, 6.07) is 9.36. The third kappa shape index (κ3) is 3.35. The number of hydrogen-bond acceptors (Lipinski definition) is 1. The molecule has 98 valence electrons. The van der Waals surface area contributed by atoms with Crippen LogP contribution in [0.2, 0.25) is 5.02 Å². The van der Waals surface area contributed by atoms with Crippen molar-refractivity contribution >= 4 is 55.1 Å². The summed E-state index contributed by atoms with van der Waals surface area (Å²) in [5, 5.41) is 2.62. The SMILES string of the molecule is O=C(Nc1c(F)cccc1Cl)c1cc(Br)ccc1Br. The minimum absolute atomic E-state index is 0.0268. The zero-order valence-electron chi connectivity index (χ0n) is 9.38. The van der Waals surface area contributed by atoms with Crippen molar-refractivity contribution in [3.63, 3.8) is 0 Å². The molecule has 0 aliphatic heterocycles. The first-order valence-electron chi connectivity index (χ1n) is 5.19. The number of anilines is 1. The monoisotopic (exact) mass is 405 g/mol. The number of rotatable bonds is 2. The van der Waals surface area contributed by atoms with Crippen molar-refractivity contribution in [2.45, 2.75) is 0 Å². The molecular weight excluding hydrogens is 400 g/mol. The molecule has 0 saturated heterocycles. The second kappa shape index (κ2) is 6.03. The molecular formula is C13H7Br2ClFNO. The fraction of sp³-hybridized carbons (Fsp3) is 0. The molecule has 1 amide bonds. The molecule has 0 atom stereocenters. The average Bonchev–Trinajstić information content (AvgIpc) is 2.37. The molecule has 0 radical (unpaired) electrons. The lowest BCUT2D eigenvalue weighted by molar-refractivity contribution is 0.102. The summed E-state index contributed by atoms with van der Waals surface area (Å²) in [6.07, 6.45) is 0. The summed E-state index contributed by atoms with van der Waals surface area (Å²) in [4.78, 5) is 12.1. The van der Waals surface area contributed by atoms with E-state index in [1.807, 2.05) is 0 Å². The maximum absolute atomic E-state index is 13.6. The van der Waals surface area contributed by atoms with Gasteiger partial charge in [-0.2, -0.15) is 0 Å². The van der Waals surface area contributed by atoms with E-state index in [0.29, 0.717) is 10.0 Å². The molecule has 0 spiro atoms. The van der Waals surface area contributed by atoms with E-state index in [1.54, 1.807) is 18.2 Å². The quantitative estimate of drug-likeness (QED) is 0.723. The number of nitrogens with one attached hydrogen (secondary N) is 1.